The van der Waals surface area contributed by atoms with E-state index in [4.69, 9.17) is 0 Å². The minimum absolute atomic E-state index is 0.0389. The van der Waals surface area contributed by atoms with E-state index < -0.39 is 0 Å². The standard InChI is InChI=1S/C11H12BrN3OSe/c1-6(2)9(12)11(16)13-7-4-3-5-8-10(7)15-17-14-8/h3-6,9H,1-2H3,(H,13,16). The summed E-state index contributed by atoms with van der Waals surface area (Å²) in [5.41, 5.74) is 2.43. The number of nitrogens with one attached hydrogen (secondary N) is 1. The number of aromatic nitrogens is 2. The van der Waals surface area contributed by atoms with Gasteiger partial charge in [-0.15, -0.1) is 0 Å². The Balaban J connectivity index is 2.24. The summed E-state index contributed by atoms with van der Waals surface area (Å²) in [7, 11) is 0. The number of nitrogens with zero attached hydrogens (tertiary/aromatic N) is 2. The van der Waals surface area contributed by atoms with Gasteiger partial charge in [0.15, 0.2) is 0 Å². The summed E-state index contributed by atoms with van der Waals surface area (Å²) in [6.45, 7) is 3.99. The molecule has 4 nitrogen and oxygen atoms in total. The third kappa shape index (κ3) is 2.76. The molecule has 2 aromatic rings. The van der Waals surface area contributed by atoms with Crippen molar-refractivity contribution in [2.24, 2.45) is 5.92 Å². The molecule has 1 atom stereocenters. The van der Waals surface area contributed by atoms with Crippen LogP contribution in [0.2, 0.25) is 0 Å². The Kier molecular flexibility index (Phi) is 3.97. The van der Waals surface area contributed by atoms with E-state index in [9.17, 15) is 4.79 Å². The number of carbonyl (C=O) groups is 1. The van der Waals surface area contributed by atoms with Gasteiger partial charge in [-0.2, -0.15) is 0 Å². The zero-order chi connectivity index (χ0) is 12.4. The third-order valence-electron chi connectivity index (χ3n) is 2.38. The van der Waals surface area contributed by atoms with Crippen LogP contribution in [0.25, 0.3) is 11.0 Å². The molecule has 0 aliphatic rings. The van der Waals surface area contributed by atoms with Gasteiger partial charge in [0.05, 0.1) is 0 Å². The summed E-state index contributed by atoms with van der Waals surface area (Å²) >= 11 is 3.31. The number of benzene rings is 1. The Bertz CT molecular complexity index is 540. The topological polar surface area (TPSA) is 54.9 Å². The van der Waals surface area contributed by atoms with E-state index in [1.807, 2.05) is 32.0 Å². The van der Waals surface area contributed by atoms with Crippen molar-refractivity contribution in [3.63, 3.8) is 0 Å². The molecular formula is C11H12BrN3OSe. The molecule has 0 saturated carbocycles. The number of rotatable bonds is 3. The van der Waals surface area contributed by atoms with Gasteiger partial charge in [-0.3, -0.25) is 0 Å². The molecule has 1 aromatic carbocycles. The van der Waals surface area contributed by atoms with Crippen molar-refractivity contribution in [3.8, 4) is 0 Å². The molecule has 1 aromatic heterocycles. The maximum atomic E-state index is 11.9. The summed E-state index contributed by atoms with van der Waals surface area (Å²) in [4.78, 5) is 11.7. The van der Waals surface area contributed by atoms with Gasteiger partial charge in [-0.1, -0.05) is 0 Å². The molecule has 0 saturated heterocycles. The SMILES string of the molecule is CC(C)C(Br)C(=O)Nc1cccc2n[se]nc12. The Morgan fingerprint density at radius 1 is 1.41 bits per heavy atom. The molecule has 6 heteroatoms. The molecule has 1 unspecified atom stereocenters. The van der Waals surface area contributed by atoms with Gasteiger partial charge in [0, 0.05) is 0 Å². The number of carbonyl (C=O) groups excluding carboxylic acids is 1. The first-order chi connectivity index (χ1) is 8.09. The normalized spacial score (nSPS) is 12.9. The second kappa shape index (κ2) is 5.29. The van der Waals surface area contributed by atoms with Crippen molar-refractivity contribution in [2.45, 2.75) is 18.7 Å². The predicted octanol–water partition coefficient (Wildman–Crippen LogP) is 2.04. The van der Waals surface area contributed by atoms with Crippen LogP contribution in [0.1, 0.15) is 13.8 Å². The van der Waals surface area contributed by atoms with Crippen molar-refractivity contribution in [3.05, 3.63) is 18.2 Å². The number of hydrogen-bond donors (Lipinski definition) is 1. The Labute approximate surface area is 114 Å². The van der Waals surface area contributed by atoms with Gasteiger partial charge in [-0.05, 0) is 0 Å². The molecule has 0 fully saturated rings. The van der Waals surface area contributed by atoms with Crippen molar-refractivity contribution in [1.82, 2.24) is 7.96 Å². The van der Waals surface area contributed by atoms with Gasteiger partial charge in [0.2, 0.25) is 0 Å². The van der Waals surface area contributed by atoms with Crippen LogP contribution < -0.4 is 5.32 Å². The predicted molar refractivity (Wildman–Crippen MR) is 72.7 cm³/mol. The number of fused-ring (bicyclic) bond motifs is 1. The van der Waals surface area contributed by atoms with Crippen LogP contribution in [0.4, 0.5) is 5.69 Å². The van der Waals surface area contributed by atoms with Crippen LogP contribution in [0.5, 0.6) is 0 Å². The van der Waals surface area contributed by atoms with E-state index in [0.717, 1.165) is 16.7 Å². The van der Waals surface area contributed by atoms with Crippen molar-refractivity contribution in [2.75, 3.05) is 5.32 Å². The molecule has 1 N–H and O–H groups in total. The Morgan fingerprint density at radius 2 is 2.18 bits per heavy atom. The van der Waals surface area contributed by atoms with Crippen LogP contribution >= 0.6 is 15.9 Å². The number of halogens is 1. The number of alkyl halides is 1. The fourth-order valence-corrected chi connectivity index (χ4v) is 2.68. The molecule has 0 spiro atoms. The summed E-state index contributed by atoms with van der Waals surface area (Å²) in [6, 6.07) is 5.65. The Morgan fingerprint density at radius 3 is 2.88 bits per heavy atom. The zero-order valence-electron chi connectivity index (χ0n) is 9.48. The maximum absolute atomic E-state index is 11.9. The van der Waals surface area contributed by atoms with Crippen LogP contribution in [-0.2, 0) is 4.79 Å². The fourth-order valence-electron chi connectivity index (χ4n) is 1.41. The van der Waals surface area contributed by atoms with Crippen molar-refractivity contribution < 1.29 is 4.79 Å². The fraction of sp³-hybridized carbons (Fsp3) is 0.364. The first-order valence-electron chi connectivity index (χ1n) is 5.26. The van der Waals surface area contributed by atoms with E-state index in [1.54, 1.807) is 0 Å². The van der Waals surface area contributed by atoms with Crippen LogP contribution in [0.15, 0.2) is 18.2 Å². The van der Waals surface area contributed by atoms with Crippen LogP contribution in [0, 0.1) is 5.92 Å². The Hall–Kier alpha value is -0.711. The van der Waals surface area contributed by atoms with Gasteiger partial charge in [-0.25, -0.2) is 0 Å². The average Bonchev–Trinajstić information content (AvgIpc) is 2.76. The molecule has 1 heterocycles. The first kappa shape index (κ1) is 12.7. The molecule has 0 aliphatic heterocycles. The van der Waals surface area contributed by atoms with E-state index in [-0.39, 0.29) is 31.6 Å². The molecule has 2 rings (SSSR count). The molecule has 90 valence electrons. The second-order valence-corrected chi connectivity index (χ2v) is 6.17. The van der Waals surface area contributed by atoms with Crippen LogP contribution in [0.3, 0.4) is 0 Å². The average molecular weight is 361 g/mol. The monoisotopic (exact) mass is 361 g/mol. The molecule has 1 amide bonds. The zero-order valence-corrected chi connectivity index (χ0v) is 12.8. The number of anilines is 1. The van der Waals surface area contributed by atoms with Crippen molar-refractivity contribution in [1.29, 1.82) is 0 Å². The molecular weight excluding hydrogens is 349 g/mol. The molecule has 0 radical (unpaired) electrons. The second-order valence-electron chi connectivity index (χ2n) is 4.07. The molecule has 0 aliphatic carbocycles. The summed E-state index contributed by atoms with van der Waals surface area (Å²) in [6.07, 6.45) is 0. The van der Waals surface area contributed by atoms with E-state index in [0.29, 0.717) is 0 Å². The van der Waals surface area contributed by atoms with Crippen molar-refractivity contribution >= 4 is 53.5 Å². The van der Waals surface area contributed by atoms with E-state index in [1.165, 1.54) is 0 Å². The van der Waals surface area contributed by atoms with E-state index >= 15 is 0 Å². The summed E-state index contributed by atoms with van der Waals surface area (Å²) in [5, 5.41) is 2.89. The van der Waals surface area contributed by atoms with Crippen LogP contribution in [-0.4, -0.2) is 33.7 Å². The summed E-state index contributed by atoms with van der Waals surface area (Å²) < 4.78 is 8.60. The van der Waals surface area contributed by atoms with Gasteiger partial charge in [0.25, 0.3) is 0 Å². The van der Waals surface area contributed by atoms with Gasteiger partial charge >= 0.3 is 114 Å². The molecule has 0 bridgehead atoms. The van der Waals surface area contributed by atoms with E-state index in [2.05, 4.69) is 29.2 Å². The van der Waals surface area contributed by atoms with Gasteiger partial charge in [0.1, 0.15) is 0 Å². The minimum atomic E-state index is -0.192. The third-order valence-corrected chi connectivity index (χ3v) is 4.99. The summed E-state index contributed by atoms with van der Waals surface area (Å²) in [5.74, 6) is 0.209. The first-order valence-corrected chi connectivity index (χ1v) is 7.70. The van der Waals surface area contributed by atoms with Gasteiger partial charge < -0.3 is 0 Å². The molecule has 17 heavy (non-hydrogen) atoms. The quantitative estimate of drug-likeness (QED) is 0.673. The number of amides is 1. The number of hydrogen-bond acceptors (Lipinski definition) is 3.